The van der Waals surface area contributed by atoms with Gasteiger partial charge in [0.15, 0.2) is 0 Å². The van der Waals surface area contributed by atoms with E-state index in [0.717, 1.165) is 36.5 Å². The maximum Gasteiger partial charge on any atom is 0.138 e. The van der Waals surface area contributed by atoms with Gasteiger partial charge in [-0.3, -0.25) is 0 Å². The lowest BCUT2D eigenvalue weighted by atomic mass is 9.87. The molecule has 5 heteroatoms. The van der Waals surface area contributed by atoms with E-state index in [1.807, 2.05) is 6.20 Å². The van der Waals surface area contributed by atoms with Crippen LogP contribution in [-0.4, -0.2) is 16.5 Å². The van der Waals surface area contributed by atoms with Crippen molar-refractivity contribution in [3.05, 3.63) is 53.4 Å². The number of nitrogens with two attached hydrogens (primary N) is 1. The van der Waals surface area contributed by atoms with Crippen molar-refractivity contribution in [2.45, 2.75) is 29.9 Å². The van der Waals surface area contributed by atoms with Gasteiger partial charge in [0.1, 0.15) is 11.6 Å². The first-order valence-electron chi connectivity index (χ1n) is 7.16. The molecular formula is C16H18FN3S. The number of halogens is 1. The molecule has 0 spiro atoms. The van der Waals surface area contributed by atoms with Gasteiger partial charge in [-0.05, 0) is 61.6 Å². The molecule has 0 radical (unpaired) electrons. The maximum atomic E-state index is 12.9. The van der Waals surface area contributed by atoms with Crippen LogP contribution >= 0.6 is 11.8 Å². The van der Waals surface area contributed by atoms with Crippen LogP contribution in [0.3, 0.4) is 0 Å². The average Bonchev–Trinajstić information content (AvgIpc) is 2.53. The Kier molecular flexibility index (Phi) is 4.51. The van der Waals surface area contributed by atoms with E-state index < -0.39 is 0 Å². The first kappa shape index (κ1) is 14.5. The molecule has 2 N–H and O–H groups in total. The molecule has 110 valence electrons. The highest BCUT2D eigenvalue weighted by Crippen LogP contribution is 2.25. The van der Waals surface area contributed by atoms with Crippen molar-refractivity contribution < 1.29 is 4.39 Å². The smallest absolute Gasteiger partial charge is 0.138 e. The van der Waals surface area contributed by atoms with Crippen LogP contribution in [0.15, 0.2) is 35.4 Å². The summed E-state index contributed by atoms with van der Waals surface area (Å²) in [5.74, 6) is 1.91. The molecule has 0 saturated carbocycles. The van der Waals surface area contributed by atoms with E-state index in [4.69, 9.17) is 5.73 Å². The molecule has 3 nitrogen and oxygen atoms in total. The van der Waals surface area contributed by atoms with E-state index in [-0.39, 0.29) is 5.82 Å². The molecular weight excluding hydrogens is 285 g/mol. The Morgan fingerprint density at radius 3 is 2.86 bits per heavy atom. The summed E-state index contributed by atoms with van der Waals surface area (Å²) in [6, 6.07) is 6.51. The van der Waals surface area contributed by atoms with Crippen LogP contribution in [0.4, 0.5) is 4.39 Å². The first-order chi connectivity index (χ1) is 10.2. The van der Waals surface area contributed by atoms with Crippen molar-refractivity contribution in [3.8, 4) is 0 Å². The Morgan fingerprint density at radius 2 is 2.10 bits per heavy atom. The maximum absolute atomic E-state index is 12.9. The molecule has 0 bridgehead atoms. The van der Waals surface area contributed by atoms with Crippen molar-refractivity contribution in [2.24, 2.45) is 11.7 Å². The molecule has 1 heterocycles. The van der Waals surface area contributed by atoms with Gasteiger partial charge in [0.2, 0.25) is 0 Å². The summed E-state index contributed by atoms with van der Waals surface area (Å²) < 4.78 is 12.9. The number of benzene rings is 1. The van der Waals surface area contributed by atoms with Crippen molar-refractivity contribution in [1.82, 2.24) is 9.97 Å². The molecule has 21 heavy (non-hydrogen) atoms. The zero-order chi connectivity index (χ0) is 14.7. The number of aryl methyl sites for hydroxylation is 1. The van der Waals surface area contributed by atoms with E-state index in [1.54, 1.807) is 23.9 Å². The largest absolute Gasteiger partial charge is 0.330 e. The van der Waals surface area contributed by atoms with Gasteiger partial charge < -0.3 is 5.73 Å². The highest BCUT2D eigenvalue weighted by atomic mass is 32.2. The van der Waals surface area contributed by atoms with Crippen LogP contribution in [0.1, 0.15) is 23.5 Å². The molecule has 0 saturated heterocycles. The third kappa shape index (κ3) is 3.60. The number of hydrogen-bond donors (Lipinski definition) is 1. The second kappa shape index (κ2) is 6.54. The number of aromatic nitrogens is 2. The third-order valence-corrected chi connectivity index (χ3v) is 4.83. The fraction of sp³-hybridized carbons (Fsp3) is 0.375. The Labute approximate surface area is 128 Å². The van der Waals surface area contributed by atoms with Crippen LogP contribution in [-0.2, 0) is 18.6 Å². The summed E-state index contributed by atoms with van der Waals surface area (Å²) in [7, 11) is 0. The summed E-state index contributed by atoms with van der Waals surface area (Å²) in [6.45, 7) is 0.738. The summed E-state index contributed by atoms with van der Waals surface area (Å²) >= 11 is 1.63. The minimum absolute atomic E-state index is 0.209. The molecule has 2 aromatic rings. The van der Waals surface area contributed by atoms with Gasteiger partial charge in [-0.2, -0.15) is 0 Å². The number of fused-ring (bicyclic) bond motifs is 1. The molecule has 1 aromatic carbocycles. The van der Waals surface area contributed by atoms with Gasteiger partial charge in [-0.25, -0.2) is 14.4 Å². The molecule has 1 aliphatic carbocycles. The van der Waals surface area contributed by atoms with Crippen molar-refractivity contribution in [1.29, 1.82) is 0 Å². The third-order valence-electron chi connectivity index (χ3n) is 3.82. The van der Waals surface area contributed by atoms with Crippen LogP contribution in [0, 0.1) is 11.7 Å². The fourth-order valence-corrected chi connectivity index (χ4v) is 3.34. The van der Waals surface area contributed by atoms with Gasteiger partial charge in [0.05, 0.1) is 5.75 Å². The molecule has 3 rings (SSSR count). The molecule has 0 amide bonds. The van der Waals surface area contributed by atoms with Crippen LogP contribution in [0.5, 0.6) is 0 Å². The second-order valence-corrected chi connectivity index (χ2v) is 6.39. The van der Waals surface area contributed by atoms with Crippen molar-refractivity contribution in [2.75, 3.05) is 6.54 Å². The number of hydrogen-bond acceptors (Lipinski definition) is 4. The van der Waals surface area contributed by atoms with Crippen LogP contribution in [0.25, 0.3) is 0 Å². The first-order valence-corrected chi connectivity index (χ1v) is 8.15. The number of nitrogens with zero attached hydrogens (tertiary/aromatic N) is 2. The Balaban J connectivity index is 1.66. The monoisotopic (exact) mass is 303 g/mol. The normalized spacial score (nSPS) is 17.5. The van der Waals surface area contributed by atoms with Crippen molar-refractivity contribution >= 4 is 11.8 Å². The molecule has 0 fully saturated rings. The Hall–Kier alpha value is -1.46. The van der Waals surface area contributed by atoms with Crippen LogP contribution < -0.4 is 5.73 Å². The van der Waals surface area contributed by atoms with Gasteiger partial charge in [0.25, 0.3) is 0 Å². The van der Waals surface area contributed by atoms with E-state index in [0.29, 0.717) is 11.7 Å². The summed E-state index contributed by atoms with van der Waals surface area (Å²) in [5, 5.41) is 0. The van der Waals surface area contributed by atoms with Gasteiger partial charge in [-0.15, -0.1) is 11.8 Å². The lowest BCUT2D eigenvalue weighted by Gasteiger charge is -2.22. The molecule has 1 atom stereocenters. The highest BCUT2D eigenvalue weighted by molar-refractivity contribution is 7.98. The SMILES string of the molecule is NCC1CCc2nc(CSc3ccc(F)cc3)ncc2C1. The average molecular weight is 303 g/mol. The lowest BCUT2D eigenvalue weighted by molar-refractivity contribution is 0.460. The minimum Gasteiger partial charge on any atom is -0.330 e. The molecule has 1 aromatic heterocycles. The van der Waals surface area contributed by atoms with Gasteiger partial charge >= 0.3 is 0 Å². The number of thioether (sulfide) groups is 1. The quantitative estimate of drug-likeness (QED) is 0.882. The zero-order valence-corrected chi connectivity index (χ0v) is 12.6. The van der Waals surface area contributed by atoms with E-state index in [1.165, 1.54) is 23.4 Å². The van der Waals surface area contributed by atoms with Crippen molar-refractivity contribution in [3.63, 3.8) is 0 Å². The number of rotatable bonds is 4. The second-order valence-electron chi connectivity index (χ2n) is 5.35. The summed E-state index contributed by atoms with van der Waals surface area (Å²) in [5.41, 5.74) is 8.16. The zero-order valence-electron chi connectivity index (χ0n) is 11.8. The lowest BCUT2D eigenvalue weighted by Crippen LogP contribution is -2.23. The van der Waals surface area contributed by atoms with Gasteiger partial charge in [-0.1, -0.05) is 0 Å². The predicted molar refractivity (Wildman–Crippen MR) is 82.6 cm³/mol. The highest BCUT2D eigenvalue weighted by Gasteiger charge is 2.19. The molecule has 1 unspecified atom stereocenters. The molecule has 0 aliphatic heterocycles. The Bertz CT molecular complexity index is 615. The predicted octanol–water partition coefficient (Wildman–Crippen LogP) is 2.97. The van der Waals surface area contributed by atoms with E-state index in [9.17, 15) is 4.39 Å². The van der Waals surface area contributed by atoms with Gasteiger partial charge in [0, 0.05) is 16.8 Å². The topological polar surface area (TPSA) is 51.8 Å². The van der Waals surface area contributed by atoms with E-state index >= 15 is 0 Å². The summed E-state index contributed by atoms with van der Waals surface area (Å²) in [6.07, 6.45) is 5.06. The minimum atomic E-state index is -0.209. The van der Waals surface area contributed by atoms with Crippen LogP contribution in [0.2, 0.25) is 0 Å². The molecule has 1 aliphatic rings. The Morgan fingerprint density at radius 1 is 1.29 bits per heavy atom. The van der Waals surface area contributed by atoms with E-state index in [2.05, 4.69) is 9.97 Å². The standard InChI is InChI=1S/C16H18FN3S/c17-13-2-4-14(5-3-13)21-10-16-19-9-12-7-11(8-18)1-6-15(12)20-16/h2-5,9,11H,1,6-8,10,18H2. The summed E-state index contributed by atoms with van der Waals surface area (Å²) in [4.78, 5) is 10.1. The fourth-order valence-electron chi connectivity index (χ4n) is 2.57.